The lowest BCUT2D eigenvalue weighted by molar-refractivity contribution is -0.124. The minimum Gasteiger partial charge on any atom is -0.492 e. The van der Waals surface area contributed by atoms with Crippen molar-refractivity contribution >= 4 is 34.0 Å². The maximum Gasteiger partial charge on any atom is 0.246 e. The minimum atomic E-state index is -3.75. The quantitative estimate of drug-likeness (QED) is 0.645. The Morgan fingerprint density at radius 1 is 1.25 bits per heavy atom. The third kappa shape index (κ3) is 5.36. The van der Waals surface area contributed by atoms with E-state index in [4.69, 9.17) is 15.2 Å². The second-order valence-corrected chi connectivity index (χ2v) is 8.31. The molecule has 28 heavy (non-hydrogen) atoms. The summed E-state index contributed by atoms with van der Waals surface area (Å²) in [6, 6.07) is 4.61. The number of nitrogens with two attached hydrogens (primary N) is 1. The van der Waals surface area contributed by atoms with Gasteiger partial charge in [-0.3, -0.25) is 4.79 Å². The number of halogens is 1. The van der Waals surface area contributed by atoms with Crippen LogP contribution in [0.5, 0.6) is 5.75 Å². The molecule has 1 heterocycles. The molecule has 1 aromatic carbocycles. The molecule has 1 aliphatic heterocycles. The lowest BCUT2D eigenvalue weighted by atomic mass is 9.90. The Hall–Kier alpha value is -1.39. The molecule has 0 aromatic heterocycles. The minimum absolute atomic E-state index is 0. The first-order valence-corrected chi connectivity index (χ1v) is 10.7. The van der Waals surface area contributed by atoms with Gasteiger partial charge in [0, 0.05) is 32.0 Å². The van der Waals surface area contributed by atoms with Gasteiger partial charge in [0.25, 0.3) is 0 Å². The van der Waals surface area contributed by atoms with E-state index in [9.17, 15) is 13.2 Å². The van der Waals surface area contributed by atoms with Gasteiger partial charge in [-0.15, -0.1) is 12.4 Å². The zero-order chi connectivity index (χ0) is 20.1. The molecule has 160 valence electrons. The van der Waals surface area contributed by atoms with E-state index in [1.807, 2.05) is 0 Å². The number of nitrogens with one attached hydrogen (secondary N) is 1. The molecule has 2 rings (SSSR count). The average molecular weight is 436 g/mol. The van der Waals surface area contributed by atoms with Gasteiger partial charge >= 0.3 is 0 Å². The highest BCUT2D eigenvalue weighted by Crippen LogP contribution is 2.30. The normalized spacial score (nSPS) is 16.3. The van der Waals surface area contributed by atoms with E-state index in [2.05, 4.69) is 5.32 Å². The molecule has 1 aromatic rings. The summed E-state index contributed by atoms with van der Waals surface area (Å²) >= 11 is 0. The van der Waals surface area contributed by atoms with Gasteiger partial charge in [-0.1, -0.05) is 13.8 Å². The van der Waals surface area contributed by atoms with Crippen molar-refractivity contribution in [2.24, 2.45) is 5.73 Å². The summed E-state index contributed by atoms with van der Waals surface area (Å²) in [5.41, 5.74) is 5.55. The van der Waals surface area contributed by atoms with Crippen molar-refractivity contribution in [2.75, 3.05) is 38.2 Å². The predicted octanol–water partition coefficient (Wildman–Crippen LogP) is 1.98. The summed E-state index contributed by atoms with van der Waals surface area (Å²) in [6.07, 6.45) is 0.834. The maximum atomic E-state index is 13.0. The fraction of sp³-hybridized carbons (Fsp3) is 0.611. The van der Waals surface area contributed by atoms with Crippen molar-refractivity contribution in [2.45, 2.75) is 44.0 Å². The Labute approximate surface area is 173 Å². The first-order chi connectivity index (χ1) is 12.8. The van der Waals surface area contributed by atoms with Crippen LogP contribution in [0.1, 0.15) is 33.6 Å². The molecule has 0 bridgehead atoms. The molecule has 0 aliphatic carbocycles. The lowest BCUT2D eigenvalue weighted by Crippen LogP contribution is -2.54. The standard InChI is InChI=1S/C18H29N3O5S.ClH/c1-4-21(5-2)27(23,24)16-13-14(7-8-15(16)26-6-3)20-17(22)18(19)9-11-25-12-10-18;/h7-8,13H,4-6,9-12,19H2,1-3H3,(H,20,22);1H. The second kappa shape index (κ2) is 10.4. The van der Waals surface area contributed by atoms with Crippen molar-refractivity contribution < 1.29 is 22.7 Å². The van der Waals surface area contributed by atoms with Gasteiger partial charge in [0.15, 0.2) is 0 Å². The molecule has 1 aliphatic rings. The Kier molecular flexibility index (Phi) is 9.16. The van der Waals surface area contributed by atoms with Crippen LogP contribution in [0.25, 0.3) is 0 Å². The molecule has 0 atom stereocenters. The SMILES string of the molecule is CCOc1ccc(NC(=O)C2(N)CCOCC2)cc1S(=O)(=O)N(CC)CC.Cl. The van der Waals surface area contributed by atoms with Crippen LogP contribution in [0.15, 0.2) is 23.1 Å². The Morgan fingerprint density at radius 2 is 1.86 bits per heavy atom. The number of carbonyl (C=O) groups is 1. The van der Waals surface area contributed by atoms with Gasteiger partial charge in [0.2, 0.25) is 15.9 Å². The molecule has 10 heteroatoms. The highest BCUT2D eigenvalue weighted by molar-refractivity contribution is 7.89. The average Bonchev–Trinajstić information content (AvgIpc) is 2.64. The van der Waals surface area contributed by atoms with Crippen LogP contribution in [0.3, 0.4) is 0 Å². The van der Waals surface area contributed by atoms with E-state index in [1.165, 1.54) is 10.4 Å². The van der Waals surface area contributed by atoms with Crippen molar-refractivity contribution in [1.29, 1.82) is 0 Å². The van der Waals surface area contributed by atoms with Crippen LogP contribution in [0, 0.1) is 0 Å². The molecule has 3 N–H and O–H groups in total. The summed E-state index contributed by atoms with van der Waals surface area (Å²) in [5, 5.41) is 2.75. The number of amides is 1. The van der Waals surface area contributed by atoms with Crippen LogP contribution in [-0.2, 0) is 19.6 Å². The van der Waals surface area contributed by atoms with E-state index in [1.54, 1.807) is 32.9 Å². The van der Waals surface area contributed by atoms with E-state index in [0.717, 1.165) is 0 Å². The lowest BCUT2D eigenvalue weighted by Gasteiger charge is -2.31. The molecule has 1 amide bonds. The van der Waals surface area contributed by atoms with E-state index < -0.39 is 15.6 Å². The van der Waals surface area contributed by atoms with Crippen LogP contribution in [0.2, 0.25) is 0 Å². The highest BCUT2D eigenvalue weighted by Gasteiger charge is 2.36. The molecule has 1 saturated heterocycles. The predicted molar refractivity (Wildman–Crippen MR) is 111 cm³/mol. The van der Waals surface area contributed by atoms with Crippen LogP contribution < -0.4 is 15.8 Å². The third-order valence-corrected chi connectivity index (χ3v) is 6.73. The van der Waals surface area contributed by atoms with Crippen molar-refractivity contribution in [3.05, 3.63) is 18.2 Å². The number of hydrogen-bond donors (Lipinski definition) is 2. The third-order valence-electron chi connectivity index (χ3n) is 4.66. The number of anilines is 1. The number of hydrogen-bond acceptors (Lipinski definition) is 6. The number of rotatable bonds is 8. The molecule has 0 unspecified atom stereocenters. The molecule has 0 spiro atoms. The molecular weight excluding hydrogens is 406 g/mol. The van der Waals surface area contributed by atoms with Gasteiger partial charge in [0.1, 0.15) is 16.2 Å². The van der Waals surface area contributed by atoms with Gasteiger partial charge in [-0.25, -0.2) is 8.42 Å². The van der Waals surface area contributed by atoms with Gasteiger partial charge < -0.3 is 20.5 Å². The van der Waals surface area contributed by atoms with Crippen molar-refractivity contribution in [3.8, 4) is 5.75 Å². The fourth-order valence-corrected chi connectivity index (χ4v) is 4.60. The number of carbonyl (C=O) groups excluding carboxylic acids is 1. The second-order valence-electron chi connectivity index (χ2n) is 6.41. The molecule has 8 nitrogen and oxygen atoms in total. The van der Waals surface area contributed by atoms with Crippen molar-refractivity contribution in [3.63, 3.8) is 0 Å². The zero-order valence-corrected chi connectivity index (χ0v) is 18.2. The zero-order valence-electron chi connectivity index (χ0n) is 16.6. The van der Waals surface area contributed by atoms with E-state index in [-0.39, 0.29) is 29.0 Å². The van der Waals surface area contributed by atoms with Gasteiger partial charge in [-0.2, -0.15) is 4.31 Å². The first-order valence-electron chi connectivity index (χ1n) is 9.23. The van der Waals surface area contributed by atoms with Crippen LogP contribution in [0.4, 0.5) is 5.69 Å². The molecule has 0 radical (unpaired) electrons. The summed E-state index contributed by atoms with van der Waals surface area (Å²) in [6.45, 7) is 7.20. The summed E-state index contributed by atoms with van der Waals surface area (Å²) in [7, 11) is -3.75. The van der Waals surface area contributed by atoms with Gasteiger partial charge in [0.05, 0.1) is 6.61 Å². The van der Waals surface area contributed by atoms with Crippen LogP contribution >= 0.6 is 12.4 Å². The van der Waals surface area contributed by atoms with Gasteiger partial charge in [-0.05, 0) is 38.0 Å². The number of ether oxygens (including phenoxy) is 2. The largest absolute Gasteiger partial charge is 0.492 e. The van der Waals surface area contributed by atoms with E-state index >= 15 is 0 Å². The summed E-state index contributed by atoms with van der Waals surface area (Å²) in [4.78, 5) is 12.7. The number of nitrogens with zero attached hydrogens (tertiary/aromatic N) is 1. The van der Waals surface area contributed by atoms with Crippen LogP contribution in [-0.4, -0.2) is 57.1 Å². The number of sulfonamides is 1. The Bertz CT molecular complexity index is 762. The summed E-state index contributed by atoms with van der Waals surface area (Å²) in [5.74, 6) is -0.0860. The Balaban J connectivity index is 0.00000392. The Morgan fingerprint density at radius 3 is 2.39 bits per heavy atom. The molecule has 1 fully saturated rings. The molecular formula is C18H30ClN3O5S. The van der Waals surface area contributed by atoms with E-state index in [0.29, 0.717) is 51.4 Å². The topological polar surface area (TPSA) is 111 Å². The number of benzene rings is 1. The first kappa shape index (κ1) is 24.6. The maximum absolute atomic E-state index is 13.0. The monoisotopic (exact) mass is 435 g/mol. The summed E-state index contributed by atoms with van der Waals surface area (Å²) < 4.78 is 38.1. The highest BCUT2D eigenvalue weighted by atomic mass is 35.5. The molecule has 0 saturated carbocycles. The smallest absolute Gasteiger partial charge is 0.246 e. The fourth-order valence-electron chi connectivity index (χ4n) is 2.98. The van der Waals surface area contributed by atoms with Crippen molar-refractivity contribution in [1.82, 2.24) is 4.31 Å².